The molecule has 5 atom stereocenters. The summed E-state index contributed by atoms with van der Waals surface area (Å²) >= 11 is 0. The summed E-state index contributed by atoms with van der Waals surface area (Å²) < 4.78 is 33.3. The van der Waals surface area contributed by atoms with Crippen molar-refractivity contribution in [1.29, 1.82) is 0 Å². The lowest BCUT2D eigenvalue weighted by atomic mass is 9.54. The molecule has 5 unspecified atom stereocenters. The summed E-state index contributed by atoms with van der Waals surface area (Å²) in [6.07, 6.45) is 8.59. The van der Waals surface area contributed by atoms with E-state index in [1.165, 1.54) is 37.3 Å². The molecule has 0 radical (unpaired) electrons. The Hall–Kier alpha value is -1.60. The van der Waals surface area contributed by atoms with Crippen LogP contribution in [0.4, 0.5) is 0 Å². The van der Waals surface area contributed by atoms with Crippen LogP contribution < -0.4 is 9.32 Å². The van der Waals surface area contributed by atoms with Crippen molar-refractivity contribution in [1.82, 2.24) is 0 Å². The van der Waals surface area contributed by atoms with Crippen molar-refractivity contribution in [2.75, 3.05) is 6.61 Å². The van der Waals surface area contributed by atoms with Crippen LogP contribution in [0, 0.1) is 23.2 Å². The van der Waals surface area contributed by atoms with Crippen LogP contribution in [0.25, 0.3) is 0 Å². The Morgan fingerprint density at radius 2 is 2.00 bits per heavy atom. The lowest BCUT2D eigenvalue weighted by molar-refractivity contribution is -0.141. The number of aryl methyl sites for hydroxylation is 2. The zero-order chi connectivity index (χ0) is 22.4. The number of hydrogen-bond acceptors (Lipinski definition) is 5. The third-order valence-electron chi connectivity index (χ3n) is 8.46. The van der Waals surface area contributed by atoms with Gasteiger partial charge >= 0.3 is 16.3 Å². The second-order valence-electron chi connectivity index (χ2n) is 9.95. The maximum absolute atomic E-state index is 11.5. The summed E-state index contributed by atoms with van der Waals surface area (Å²) in [5, 5.41) is 5.13. The summed E-state index contributed by atoms with van der Waals surface area (Å²) in [6, 6.07) is 4.10. The first-order chi connectivity index (χ1) is 14.6. The maximum Gasteiger partial charge on any atom is 0.380 e. The molecule has 0 bridgehead atoms. The molecule has 3 aliphatic carbocycles. The fraction of sp³-hybridized carbons (Fsp3) is 0.708. The van der Waals surface area contributed by atoms with Gasteiger partial charge in [-0.3, -0.25) is 4.79 Å². The molecule has 1 aromatic rings. The molecule has 0 aromatic heterocycles. The van der Waals surface area contributed by atoms with Gasteiger partial charge < -0.3 is 8.92 Å². The van der Waals surface area contributed by atoms with Gasteiger partial charge in [0.15, 0.2) is 0 Å². The van der Waals surface area contributed by atoms with Crippen LogP contribution in [0.5, 0.6) is 5.75 Å². The molecule has 0 heterocycles. The van der Waals surface area contributed by atoms with Crippen LogP contribution in [0.15, 0.2) is 12.1 Å². The highest BCUT2D eigenvalue weighted by atomic mass is 32.2. The van der Waals surface area contributed by atoms with Crippen molar-refractivity contribution in [3.63, 3.8) is 0 Å². The third-order valence-corrected chi connectivity index (χ3v) is 8.87. The van der Waals surface area contributed by atoms with Crippen LogP contribution >= 0.6 is 0 Å². The van der Waals surface area contributed by atoms with Gasteiger partial charge in [0.25, 0.3) is 0 Å². The molecule has 172 valence electrons. The van der Waals surface area contributed by atoms with Gasteiger partial charge in [-0.05, 0) is 103 Å². The van der Waals surface area contributed by atoms with Gasteiger partial charge in [0.05, 0.1) is 6.61 Å². The normalized spacial score (nSPS) is 32.0. The Labute approximate surface area is 186 Å². The average Bonchev–Trinajstić information content (AvgIpc) is 3.02. The molecule has 0 saturated heterocycles. The Bertz CT molecular complexity index is 959. The van der Waals surface area contributed by atoms with Crippen LogP contribution in [0.1, 0.15) is 81.9 Å². The van der Waals surface area contributed by atoms with Crippen molar-refractivity contribution in [2.45, 2.75) is 78.1 Å². The fourth-order valence-electron chi connectivity index (χ4n) is 7.05. The molecule has 2 fully saturated rings. The zero-order valence-electron chi connectivity index (χ0n) is 18.9. The van der Waals surface area contributed by atoms with Crippen molar-refractivity contribution in [3.05, 3.63) is 28.8 Å². The summed E-state index contributed by atoms with van der Waals surface area (Å²) in [5.74, 6) is 2.71. The molecule has 6 nitrogen and oxygen atoms in total. The molecular weight excluding hydrogens is 414 g/mol. The predicted octanol–water partition coefficient (Wildman–Crippen LogP) is 4.26. The first-order valence-electron chi connectivity index (χ1n) is 11.6. The number of carbonyl (C=O) groups is 1. The minimum atomic E-state index is -4.03. The number of fused-ring (bicyclic) bond motifs is 5. The molecule has 7 heteroatoms. The summed E-state index contributed by atoms with van der Waals surface area (Å²) in [4.78, 5) is 11.2. The zero-order valence-corrected chi connectivity index (χ0v) is 19.7. The van der Waals surface area contributed by atoms with Gasteiger partial charge in [0.1, 0.15) is 5.75 Å². The smallest absolute Gasteiger partial charge is 0.380 e. The summed E-state index contributed by atoms with van der Waals surface area (Å²) in [6.45, 7) is 6.50. The van der Waals surface area contributed by atoms with Crippen LogP contribution in [0.3, 0.4) is 0 Å². The van der Waals surface area contributed by atoms with Crippen molar-refractivity contribution < 1.29 is 22.1 Å². The second kappa shape index (κ2) is 8.39. The summed E-state index contributed by atoms with van der Waals surface area (Å²) in [5.41, 5.74) is 3.83. The van der Waals surface area contributed by atoms with Crippen LogP contribution in [-0.4, -0.2) is 21.0 Å². The molecular formula is C24H35NO5S. The van der Waals surface area contributed by atoms with Gasteiger partial charge in [0.2, 0.25) is 0 Å². The highest BCUT2D eigenvalue weighted by Crippen LogP contribution is 2.63. The molecule has 31 heavy (non-hydrogen) atoms. The quantitative estimate of drug-likeness (QED) is 0.655. The standard InChI is InChI=1S/C24H35NO5S/c1-4-16-13-21-17(14-23(16)30-31(25,27)28)5-7-20-19(21)9-11-24(3)18(6-8-22(20)24)10-12-29-15(2)26/h13-14,18-20,22H,4-12H2,1-3H3,(H2,25,27,28). The SMILES string of the molecule is CCc1cc2c(cc1OS(N)(=O)=O)CCC1C2CCC2(C)C(CCOC(C)=O)CCC12. The highest BCUT2D eigenvalue weighted by molar-refractivity contribution is 7.84. The van der Waals surface area contributed by atoms with E-state index in [9.17, 15) is 13.2 Å². The minimum absolute atomic E-state index is 0.190. The number of esters is 1. The summed E-state index contributed by atoms with van der Waals surface area (Å²) in [7, 11) is -4.03. The molecule has 0 aliphatic heterocycles. The Morgan fingerprint density at radius 3 is 2.68 bits per heavy atom. The number of benzene rings is 1. The molecule has 0 amide bonds. The van der Waals surface area contributed by atoms with Gasteiger partial charge in [-0.2, -0.15) is 13.6 Å². The van der Waals surface area contributed by atoms with E-state index in [-0.39, 0.29) is 5.97 Å². The molecule has 2 N–H and O–H groups in total. The Morgan fingerprint density at radius 1 is 1.23 bits per heavy atom. The molecule has 1 aromatic carbocycles. The van der Waals surface area contributed by atoms with Crippen molar-refractivity contribution >= 4 is 16.3 Å². The first-order valence-corrected chi connectivity index (χ1v) is 13.1. The van der Waals surface area contributed by atoms with Gasteiger partial charge in [-0.15, -0.1) is 0 Å². The lowest BCUT2D eigenvalue weighted by Crippen LogP contribution is -2.42. The van der Waals surface area contributed by atoms with Gasteiger partial charge in [0, 0.05) is 6.92 Å². The van der Waals surface area contributed by atoms with E-state index in [4.69, 9.17) is 14.1 Å². The van der Waals surface area contributed by atoms with Crippen molar-refractivity contribution in [3.8, 4) is 5.75 Å². The van der Waals surface area contributed by atoms with Crippen LogP contribution in [-0.2, 0) is 32.7 Å². The van der Waals surface area contributed by atoms with Gasteiger partial charge in [-0.1, -0.05) is 19.9 Å². The van der Waals surface area contributed by atoms with E-state index in [2.05, 4.69) is 13.0 Å². The first kappa shape index (κ1) is 22.6. The van der Waals surface area contributed by atoms with Crippen LogP contribution in [0.2, 0.25) is 0 Å². The van der Waals surface area contributed by atoms with E-state index in [0.29, 0.717) is 47.9 Å². The largest absolute Gasteiger partial charge is 0.466 e. The minimum Gasteiger partial charge on any atom is -0.466 e. The maximum atomic E-state index is 11.5. The molecule has 2 saturated carbocycles. The van der Waals surface area contributed by atoms with E-state index < -0.39 is 10.3 Å². The number of carbonyl (C=O) groups excluding carboxylic acids is 1. The number of rotatable bonds is 6. The van der Waals surface area contributed by atoms with E-state index in [1.54, 1.807) is 0 Å². The third kappa shape index (κ3) is 4.36. The second-order valence-corrected chi connectivity index (χ2v) is 11.1. The number of hydrogen-bond donors (Lipinski definition) is 1. The number of ether oxygens (including phenoxy) is 1. The predicted molar refractivity (Wildman–Crippen MR) is 119 cm³/mol. The number of nitrogens with two attached hydrogens (primary N) is 1. The molecule has 3 aliphatic rings. The average molecular weight is 450 g/mol. The topological polar surface area (TPSA) is 95.7 Å². The molecule has 4 rings (SSSR count). The van der Waals surface area contributed by atoms with Gasteiger partial charge in [-0.25, -0.2) is 0 Å². The lowest BCUT2D eigenvalue weighted by Gasteiger charge is -2.51. The molecule has 0 spiro atoms. The van der Waals surface area contributed by atoms with Crippen molar-refractivity contribution in [2.24, 2.45) is 28.3 Å². The fourth-order valence-corrected chi connectivity index (χ4v) is 7.46. The van der Waals surface area contributed by atoms with E-state index in [0.717, 1.165) is 31.2 Å². The Kier molecular flexibility index (Phi) is 6.12. The van der Waals surface area contributed by atoms with E-state index >= 15 is 0 Å². The Balaban J connectivity index is 1.57. The van der Waals surface area contributed by atoms with E-state index in [1.807, 2.05) is 13.0 Å². The highest BCUT2D eigenvalue weighted by Gasteiger charge is 2.54. The monoisotopic (exact) mass is 449 g/mol.